The Morgan fingerprint density at radius 2 is 0.513 bits per heavy atom. The van der Waals surface area contributed by atoms with Crippen molar-refractivity contribution < 1.29 is 28.6 Å². The number of carbonyl (C=O) groups excluding carboxylic acids is 3. The first-order chi connectivity index (χ1) is 37.5. The second kappa shape index (κ2) is 64.6. The van der Waals surface area contributed by atoms with Gasteiger partial charge in [0.1, 0.15) is 13.2 Å². The van der Waals surface area contributed by atoms with E-state index in [-0.39, 0.29) is 31.1 Å². The van der Waals surface area contributed by atoms with E-state index in [1.807, 2.05) is 0 Å². The summed E-state index contributed by atoms with van der Waals surface area (Å²) in [5.74, 6) is -0.860. The molecular formula is C70H126O6. The summed E-state index contributed by atoms with van der Waals surface area (Å²) < 4.78 is 16.9. The second-order valence-corrected chi connectivity index (χ2v) is 22.4. The average Bonchev–Trinajstić information content (AvgIpc) is 3.42. The molecule has 76 heavy (non-hydrogen) atoms. The van der Waals surface area contributed by atoms with E-state index < -0.39 is 6.10 Å². The quantitative estimate of drug-likeness (QED) is 0.0261. The van der Waals surface area contributed by atoms with Gasteiger partial charge in [-0.05, 0) is 83.5 Å². The molecule has 1 unspecified atom stereocenters. The molecule has 0 aromatic heterocycles. The summed E-state index contributed by atoms with van der Waals surface area (Å²) in [6.45, 7) is 6.56. The Kier molecular flexibility index (Phi) is 62.2. The first-order valence-electron chi connectivity index (χ1n) is 33.3. The van der Waals surface area contributed by atoms with Crippen LogP contribution in [0.15, 0.2) is 60.8 Å². The third-order valence-corrected chi connectivity index (χ3v) is 14.8. The first kappa shape index (κ1) is 73.1. The molecule has 0 heterocycles. The Balaban J connectivity index is 4.12. The zero-order valence-electron chi connectivity index (χ0n) is 50.8. The molecule has 0 aliphatic heterocycles. The van der Waals surface area contributed by atoms with Gasteiger partial charge in [0.2, 0.25) is 0 Å². The number of rotatable bonds is 61. The molecule has 0 aliphatic carbocycles. The molecule has 0 radical (unpaired) electrons. The molecule has 0 saturated carbocycles. The van der Waals surface area contributed by atoms with Gasteiger partial charge in [-0.15, -0.1) is 0 Å². The minimum Gasteiger partial charge on any atom is -0.462 e. The summed E-state index contributed by atoms with van der Waals surface area (Å²) in [4.78, 5) is 38.2. The molecule has 0 rings (SSSR count). The summed E-state index contributed by atoms with van der Waals surface area (Å²) in [5.41, 5.74) is 0. The maximum Gasteiger partial charge on any atom is 0.306 e. The van der Waals surface area contributed by atoms with Gasteiger partial charge in [-0.2, -0.15) is 0 Å². The van der Waals surface area contributed by atoms with Crippen molar-refractivity contribution in [3.05, 3.63) is 60.8 Å². The van der Waals surface area contributed by atoms with Crippen LogP contribution in [0.3, 0.4) is 0 Å². The average molecular weight is 1060 g/mol. The number of hydrogen-bond donors (Lipinski definition) is 0. The molecule has 6 nitrogen and oxygen atoms in total. The van der Waals surface area contributed by atoms with Crippen LogP contribution in [0.1, 0.15) is 348 Å². The van der Waals surface area contributed by atoms with Crippen molar-refractivity contribution in [3.63, 3.8) is 0 Å². The minimum absolute atomic E-state index is 0.0718. The molecule has 0 N–H and O–H groups in total. The van der Waals surface area contributed by atoms with Crippen LogP contribution in [0.25, 0.3) is 0 Å². The lowest BCUT2D eigenvalue weighted by Gasteiger charge is -2.18. The predicted molar refractivity (Wildman–Crippen MR) is 330 cm³/mol. The maximum absolute atomic E-state index is 12.9. The number of esters is 3. The van der Waals surface area contributed by atoms with E-state index in [9.17, 15) is 14.4 Å². The summed E-state index contributed by atoms with van der Waals surface area (Å²) >= 11 is 0. The molecular weight excluding hydrogens is 937 g/mol. The molecule has 0 spiro atoms. The Hall–Kier alpha value is -2.89. The van der Waals surface area contributed by atoms with Gasteiger partial charge in [-0.1, -0.05) is 306 Å². The van der Waals surface area contributed by atoms with Gasteiger partial charge in [0.25, 0.3) is 0 Å². The van der Waals surface area contributed by atoms with Crippen LogP contribution >= 0.6 is 0 Å². The fraction of sp³-hybridized carbons (Fsp3) is 0.814. The molecule has 0 aromatic carbocycles. The molecule has 0 aromatic rings. The highest BCUT2D eigenvalue weighted by Gasteiger charge is 2.19. The van der Waals surface area contributed by atoms with Gasteiger partial charge in [0, 0.05) is 19.3 Å². The van der Waals surface area contributed by atoms with Crippen molar-refractivity contribution in [2.45, 2.75) is 354 Å². The highest BCUT2D eigenvalue weighted by Crippen LogP contribution is 2.17. The molecule has 0 aliphatic rings. The van der Waals surface area contributed by atoms with Gasteiger partial charge < -0.3 is 14.2 Å². The van der Waals surface area contributed by atoms with Crippen molar-refractivity contribution in [1.29, 1.82) is 0 Å². The van der Waals surface area contributed by atoms with Gasteiger partial charge in [-0.3, -0.25) is 14.4 Å². The summed E-state index contributed by atoms with van der Waals surface area (Å²) in [6, 6.07) is 0. The molecule has 6 heteroatoms. The lowest BCUT2D eigenvalue weighted by atomic mass is 10.0. The third kappa shape index (κ3) is 62.0. The van der Waals surface area contributed by atoms with E-state index in [1.54, 1.807) is 0 Å². The Bertz CT molecular complexity index is 1360. The summed E-state index contributed by atoms with van der Waals surface area (Å²) in [7, 11) is 0. The van der Waals surface area contributed by atoms with Crippen LogP contribution in [0.5, 0.6) is 0 Å². The largest absolute Gasteiger partial charge is 0.462 e. The topological polar surface area (TPSA) is 78.9 Å². The fourth-order valence-electron chi connectivity index (χ4n) is 9.79. The Morgan fingerprint density at radius 1 is 0.276 bits per heavy atom. The first-order valence-corrected chi connectivity index (χ1v) is 33.3. The number of carbonyl (C=O) groups is 3. The summed E-state index contributed by atoms with van der Waals surface area (Å²) in [6.07, 6.45) is 82.5. The lowest BCUT2D eigenvalue weighted by molar-refractivity contribution is -0.167. The van der Waals surface area contributed by atoms with E-state index in [0.29, 0.717) is 19.3 Å². The second-order valence-electron chi connectivity index (χ2n) is 22.4. The van der Waals surface area contributed by atoms with Crippen LogP contribution in [0.2, 0.25) is 0 Å². The van der Waals surface area contributed by atoms with Crippen molar-refractivity contribution >= 4 is 17.9 Å². The standard InChI is InChI=1S/C70H126O6/c1-4-7-10-13-16-19-22-24-26-28-29-30-31-32-33-34-35-36-37-38-39-40-41-42-44-45-48-51-54-57-60-63-69(72)75-66-67(65-74-68(71)62-59-56-53-50-47-21-18-15-12-9-6-3)76-70(73)64-61-58-55-52-49-46-43-27-25-23-20-17-14-11-8-5-2/h7,10,16,19,24,26-27,29-30,43,67H,4-6,8-9,11-15,17-18,20-23,25,28,31-42,44-66H2,1-3H3/b10-7-,19-16-,26-24-,30-29-,43-27-. The highest BCUT2D eigenvalue weighted by atomic mass is 16.6. The normalized spacial score (nSPS) is 12.4. The van der Waals surface area contributed by atoms with E-state index in [4.69, 9.17) is 14.2 Å². The SMILES string of the molecule is CC/C=C\C/C=C\C/C=C\C/C=C\CCCCCCCCCCCCCCCCCCCCC(=O)OCC(COC(=O)CCCCCCCCCCCCC)OC(=O)CCCCCCC/C=C\CCCCCCCCC. The minimum atomic E-state index is -0.774. The van der Waals surface area contributed by atoms with Crippen molar-refractivity contribution in [3.8, 4) is 0 Å². The van der Waals surface area contributed by atoms with Crippen molar-refractivity contribution in [1.82, 2.24) is 0 Å². The number of allylic oxidation sites excluding steroid dienone is 10. The Labute approximate surface area is 472 Å². The number of hydrogen-bond acceptors (Lipinski definition) is 6. The van der Waals surface area contributed by atoms with Gasteiger partial charge >= 0.3 is 17.9 Å². The van der Waals surface area contributed by atoms with Crippen LogP contribution in [0.4, 0.5) is 0 Å². The molecule has 0 saturated heterocycles. The fourth-order valence-corrected chi connectivity index (χ4v) is 9.79. The van der Waals surface area contributed by atoms with E-state index in [0.717, 1.165) is 89.9 Å². The maximum atomic E-state index is 12.9. The van der Waals surface area contributed by atoms with Crippen molar-refractivity contribution in [2.75, 3.05) is 13.2 Å². The molecule has 0 amide bonds. The summed E-state index contributed by atoms with van der Waals surface area (Å²) in [5, 5.41) is 0. The molecule has 0 bridgehead atoms. The third-order valence-electron chi connectivity index (χ3n) is 14.8. The van der Waals surface area contributed by atoms with Gasteiger partial charge in [-0.25, -0.2) is 0 Å². The monoisotopic (exact) mass is 1060 g/mol. The zero-order chi connectivity index (χ0) is 55.0. The van der Waals surface area contributed by atoms with Crippen molar-refractivity contribution in [2.24, 2.45) is 0 Å². The van der Waals surface area contributed by atoms with Crippen LogP contribution in [-0.2, 0) is 28.6 Å². The van der Waals surface area contributed by atoms with Crippen LogP contribution in [0, 0.1) is 0 Å². The predicted octanol–water partition coefficient (Wildman–Crippen LogP) is 22.7. The number of unbranched alkanes of at least 4 members (excludes halogenated alkanes) is 40. The molecule has 1 atom stereocenters. The van der Waals surface area contributed by atoms with Gasteiger partial charge in [0.15, 0.2) is 6.10 Å². The van der Waals surface area contributed by atoms with E-state index in [2.05, 4.69) is 81.5 Å². The lowest BCUT2D eigenvalue weighted by Crippen LogP contribution is -2.30. The zero-order valence-corrected chi connectivity index (χ0v) is 50.8. The molecule has 0 fully saturated rings. The Morgan fingerprint density at radius 3 is 0.816 bits per heavy atom. The smallest absolute Gasteiger partial charge is 0.306 e. The van der Waals surface area contributed by atoms with E-state index >= 15 is 0 Å². The highest BCUT2D eigenvalue weighted by molar-refractivity contribution is 5.71. The van der Waals surface area contributed by atoms with Crippen LogP contribution in [-0.4, -0.2) is 37.2 Å². The number of ether oxygens (including phenoxy) is 3. The van der Waals surface area contributed by atoms with Gasteiger partial charge in [0.05, 0.1) is 0 Å². The van der Waals surface area contributed by atoms with Crippen LogP contribution < -0.4 is 0 Å². The molecule has 442 valence electrons. The van der Waals surface area contributed by atoms with E-state index in [1.165, 1.54) is 218 Å².